The first kappa shape index (κ1) is 18.8. The molecule has 0 radical (unpaired) electrons. The number of rotatable bonds is 8. The molecule has 0 aliphatic heterocycles. The van der Waals surface area contributed by atoms with Crippen LogP contribution in [0.3, 0.4) is 0 Å². The molecule has 0 unspecified atom stereocenters. The summed E-state index contributed by atoms with van der Waals surface area (Å²) in [6.07, 6.45) is 0.846. The van der Waals surface area contributed by atoms with Crippen LogP contribution in [-0.4, -0.2) is 30.6 Å². The minimum absolute atomic E-state index is 0.0906. The van der Waals surface area contributed by atoms with Crippen molar-refractivity contribution >= 4 is 11.9 Å². The summed E-state index contributed by atoms with van der Waals surface area (Å²) < 4.78 is 5.51. The molecule has 0 aliphatic carbocycles. The third-order valence-corrected chi connectivity index (χ3v) is 3.45. The van der Waals surface area contributed by atoms with Crippen LogP contribution < -0.4 is 20.7 Å². The van der Waals surface area contributed by atoms with Gasteiger partial charge in [0.1, 0.15) is 11.8 Å². The van der Waals surface area contributed by atoms with Gasteiger partial charge in [-0.15, -0.1) is 0 Å². The lowest BCUT2D eigenvalue weighted by Gasteiger charge is -2.18. The number of hydrogen-bond donors (Lipinski definition) is 3. The second kappa shape index (κ2) is 9.71. The molecule has 0 fully saturated rings. The smallest absolute Gasteiger partial charge is 0.315 e. The Labute approximate surface area is 138 Å². The minimum Gasteiger partial charge on any atom is -0.494 e. The van der Waals surface area contributed by atoms with Gasteiger partial charge in [0.05, 0.1) is 6.61 Å². The zero-order chi connectivity index (χ0) is 17.2. The summed E-state index contributed by atoms with van der Waals surface area (Å²) in [5, 5.41) is 8.20. The van der Waals surface area contributed by atoms with Crippen LogP contribution in [-0.2, 0) is 11.3 Å². The molecule has 1 rings (SSSR count). The average molecular weight is 321 g/mol. The largest absolute Gasteiger partial charge is 0.494 e. The molecule has 6 nitrogen and oxygen atoms in total. The zero-order valence-corrected chi connectivity index (χ0v) is 14.3. The molecule has 2 atom stereocenters. The number of ether oxygens (including phenoxy) is 1. The minimum atomic E-state index is -0.592. The summed E-state index contributed by atoms with van der Waals surface area (Å²) in [6.45, 7) is 8.39. The van der Waals surface area contributed by atoms with Gasteiger partial charge in [-0.2, -0.15) is 0 Å². The van der Waals surface area contributed by atoms with Gasteiger partial charge in [-0.05, 0) is 33.3 Å². The number of urea groups is 1. The normalized spacial score (nSPS) is 12.9. The number of para-hydroxylation sites is 1. The second-order valence-corrected chi connectivity index (χ2v) is 5.41. The van der Waals surface area contributed by atoms with Gasteiger partial charge in [0.15, 0.2) is 0 Å². The van der Waals surface area contributed by atoms with E-state index in [-0.39, 0.29) is 18.0 Å². The lowest BCUT2D eigenvalue weighted by molar-refractivity contribution is -0.123. The Morgan fingerprint density at radius 1 is 1.13 bits per heavy atom. The van der Waals surface area contributed by atoms with Crippen molar-refractivity contribution in [2.45, 2.75) is 52.7 Å². The van der Waals surface area contributed by atoms with Crippen LogP contribution in [0.4, 0.5) is 4.79 Å². The number of hydrogen-bond acceptors (Lipinski definition) is 3. The van der Waals surface area contributed by atoms with Crippen LogP contribution in [0.15, 0.2) is 24.3 Å². The van der Waals surface area contributed by atoms with Crippen molar-refractivity contribution in [2.75, 3.05) is 6.61 Å². The van der Waals surface area contributed by atoms with Crippen molar-refractivity contribution < 1.29 is 14.3 Å². The van der Waals surface area contributed by atoms with Crippen LogP contribution in [0.25, 0.3) is 0 Å². The Morgan fingerprint density at radius 3 is 2.48 bits per heavy atom. The first-order chi connectivity index (χ1) is 11.0. The monoisotopic (exact) mass is 321 g/mol. The molecule has 0 aromatic heterocycles. The molecule has 23 heavy (non-hydrogen) atoms. The molecule has 0 bridgehead atoms. The van der Waals surface area contributed by atoms with Gasteiger partial charge in [0, 0.05) is 18.2 Å². The quantitative estimate of drug-likeness (QED) is 0.686. The Hall–Kier alpha value is -2.24. The van der Waals surface area contributed by atoms with Gasteiger partial charge < -0.3 is 20.7 Å². The van der Waals surface area contributed by atoms with E-state index in [1.54, 1.807) is 6.92 Å². The molecule has 1 aromatic carbocycles. The summed E-state index contributed by atoms with van der Waals surface area (Å²) >= 11 is 0. The molecular formula is C17H27N3O3. The predicted octanol–water partition coefficient (Wildman–Crippen LogP) is 2.19. The van der Waals surface area contributed by atoms with E-state index in [2.05, 4.69) is 16.0 Å². The molecule has 0 heterocycles. The molecule has 128 valence electrons. The Balaban J connectivity index is 2.46. The first-order valence-electron chi connectivity index (χ1n) is 8.03. The predicted molar refractivity (Wildman–Crippen MR) is 90.3 cm³/mol. The summed E-state index contributed by atoms with van der Waals surface area (Å²) in [5.41, 5.74) is 0.890. The third kappa shape index (κ3) is 6.59. The van der Waals surface area contributed by atoms with Gasteiger partial charge in [-0.3, -0.25) is 4.79 Å². The molecule has 0 saturated heterocycles. The fourth-order valence-electron chi connectivity index (χ4n) is 1.90. The molecule has 6 heteroatoms. The topological polar surface area (TPSA) is 79.5 Å². The van der Waals surface area contributed by atoms with Gasteiger partial charge in [0.2, 0.25) is 5.91 Å². The van der Waals surface area contributed by atoms with E-state index in [4.69, 9.17) is 4.74 Å². The summed E-state index contributed by atoms with van der Waals surface area (Å²) in [4.78, 5) is 23.8. The van der Waals surface area contributed by atoms with Crippen LogP contribution >= 0.6 is 0 Å². The van der Waals surface area contributed by atoms with Gasteiger partial charge in [-0.25, -0.2) is 4.79 Å². The highest BCUT2D eigenvalue weighted by Gasteiger charge is 2.16. The summed E-state index contributed by atoms with van der Waals surface area (Å²) in [7, 11) is 0. The number of carbonyl (C=O) groups is 2. The van der Waals surface area contributed by atoms with Crippen molar-refractivity contribution in [2.24, 2.45) is 0 Å². The number of amides is 3. The van der Waals surface area contributed by atoms with E-state index in [9.17, 15) is 9.59 Å². The first-order valence-corrected chi connectivity index (χ1v) is 8.03. The maximum absolute atomic E-state index is 11.9. The standard InChI is InChI=1S/C17H27N3O3/c1-5-12(3)19-16(21)13(4)20-17(22)18-11-14-9-7-8-10-15(14)23-6-2/h7-10,12-13H,5-6,11H2,1-4H3,(H,19,21)(H2,18,20,22)/t12-,13+/m1/s1. The molecule has 0 saturated carbocycles. The van der Waals surface area contributed by atoms with Crippen molar-refractivity contribution in [1.29, 1.82) is 0 Å². The fraction of sp³-hybridized carbons (Fsp3) is 0.529. The zero-order valence-electron chi connectivity index (χ0n) is 14.3. The van der Waals surface area contributed by atoms with Crippen molar-refractivity contribution in [3.63, 3.8) is 0 Å². The average Bonchev–Trinajstić information content (AvgIpc) is 2.54. The van der Waals surface area contributed by atoms with Crippen LogP contribution in [0.1, 0.15) is 39.7 Å². The lowest BCUT2D eigenvalue weighted by Crippen LogP contribution is -2.50. The fourth-order valence-corrected chi connectivity index (χ4v) is 1.90. The number of carbonyl (C=O) groups excluding carboxylic acids is 2. The maximum atomic E-state index is 11.9. The number of benzene rings is 1. The molecule has 3 N–H and O–H groups in total. The van der Waals surface area contributed by atoms with E-state index in [0.29, 0.717) is 13.2 Å². The van der Waals surface area contributed by atoms with E-state index < -0.39 is 6.04 Å². The third-order valence-electron chi connectivity index (χ3n) is 3.45. The summed E-state index contributed by atoms with van der Waals surface area (Å²) in [5.74, 6) is 0.557. The van der Waals surface area contributed by atoms with Gasteiger partial charge >= 0.3 is 6.03 Å². The summed E-state index contributed by atoms with van der Waals surface area (Å²) in [6, 6.07) is 6.64. The highest BCUT2D eigenvalue weighted by Crippen LogP contribution is 2.17. The number of nitrogens with one attached hydrogen (secondary N) is 3. The molecule has 3 amide bonds. The van der Waals surface area contributed by atoms with E-state index >= 15 is 0 Å². The molecular weight excluding hydrogens is 294 g/mol. The van der Waals surface area contributed by atoms with Gasteiger partial charge in [-0.1, -0.05) is 25.1 Å². The van der Waals surface area contributed by atoms with Crippen LogP contribution in [0.2, 0.25) is 0 Å². The van der Waals surface area contributed by atoms with E-state index in [1.165, 1.54) is 0 Å². The molecule has 0 spiro atoms. The SMILES string of the molecule is CCOc1ccccc1CNC(=O)N[C@@H](C)C(=O)N[C@H](C)CC. The van der Waals surface area contributed by atoms with Gasteiger partial charge in [0.25, 0.3) is 0 Å². The second-order valence-electron chi connectivity index (χ2n) is 5.41. The Bertz CT molecular complexity index is 520. The highest BCUT2D eigenvalue weighted by atomic mass is 16.5. The maximum Gasteiger partial charge on any atom is 0.315 e. The molecule has 1 aromatic rings. The van der Waals surface area contributed by atoms with E-state index in [1.807, 2.05) is 45.0 Å². The van der Waals surface area contributed by atoms with Crippen LogP contribution in [0.5, 0.6) is 5.75 Å². The Morgan fingerprint density at radius 2 is 1.83 bits per heavy atom. The van der Waals surface area contributed by atoms with Crippen molar-refractivity contribution in [3.8, 4) is 5.75 Å². The lowest BCUT2D eigenvalue weighted by atomic mass is 10.2. The van der Waals surface area contributed by atoms with E-state index in [0.717, 1.165) is 17.7 Å². The Kier molecular flexibility index (Phi) is 7.94. The van der Waals surface area contributed by atoms with Crippen molar-refractivity contribution in [3.05, 3.63) is 29.8 Å². The van der Waals surface area contributed by atoms with Crippen LogP contribution in [0, 0.1) is 0 Å². The molecule has 0 aliphatic rings. The van der Waals surface area contributed by atoms with Crippen molar-refractivity contribution in [1.82, 2.24) is 16.0 Å². The highest BCUT2D eigenvalue weighted by molar-refractivity contribution is 5.86.